The molecule has 0 fully saturated rings. The SMILES string of the molecule is COc1ccccc1-c1cccc2c1nnc1c(=O)[nH][nH]c12. The molecule has 0 bridgehead atoms. The Morgan fingerprint density at radius 2 is 1.68 bits per heavy atom. The fraction of sp³-hybridized carbons (Fsp3) is 0.0625. The molecule has 0 aliphatic carbocycles. The molecule has 0 amide bonds. The number of H-pyrrole nitrogens is 2. The fourth-order valence-electron chi connectivity index (χ4n) is 2.68. The van der Waals surface area contributed by atoms with Gasteiger partial charge in [0, 0.05) is 16.5 Å². The van der Waals surface area contributed by atoms with Gasteiger partial charge in [-0.15, -0.1) is 10.2 Å². The van der Waals surface area contributed by atoms with Crippen LogP contribution in [-0.4, -0.2) is 27.5 Å². The minimum absolute atomic E-state index is 0.271. The molecule has 0 saturated heterocycles. The van der Waals surface area contributed by atoms with Crippen LogP contribution in [0.4, 0.5) is 0 Å². The molecule has 4 aromatic rings. The number of benzene rings is 2. The summed E-state index contributed by atoms with van der Waals surface area (Å²) < 4.78 is 5.43. The third-order valence-electron chi connectivity index (χ3n) is 3.71. The Balaban J connectivity index is 2.11. The molecule has 0 aliphatic rings. The molecule has 2 aromatic heterocycles. The van der Waals surface area contributed by atoms with Crippen LogP contribution in [0.15, 0.2) is 47.3 Å². The molecule has 0 unspecified atom stereocenters. The third-order valence-corrected chi connectivity index (χ3v) is 3.71. The quantitative estimate of drug-likeness (QED) is 0.594. The minimum atomic E-state index is -0.271. The number of aromatic amines is 2. The number of ether oxygens (including phenoxy) is 1. The van der Waals surface area contributed by atoms with Gasteiger partial charge in [-0.1, -0.05) is 36.4 Å². The Labute approximate surface area is 124 Å². The lowest BCUT2D eigenvalue weighted by Gasteiger charge is -2.10. The largest absolute Gasteiger partial charge is 0.496 e. The van der Waals surface area contributed by atoms with E-state index in [4.69, 9.17) is 4.74 Å². The first kappa shape index (κ1) is 12.6. The molecule has 0 aliphatic heterocycles. The number of rotatable bonds is 2. The molecule has 6 heteroatoms. The van der Waals surface area contributed by atoms with Crippen molar-refractivity contribution in [1.29, 1.82) is 0 Å². The van der Waals surface area contributed by atoms with Crippen LogP contribution < -0.4 is 10.3 Å². The fourth-order valence-corrected chi connectivity index (χ4v) is 2.68. The summed E-state index contributed by atoms with van der Waals surface area (Å²) in [5.41, 5.74) is 3.26. The van der Waals surface area contributed by atoms with E-state index in [1.807, 2.05) is 42.5 Å². The highest BCUT2D eigenvalue weighted by molar-refractivity contribution is 6.06. The highest BCUT2D eigenvalue weighted by atomic mass is 16.5. The van der Waals surface area contributed by atoms with Gasteiger partial charge in [-0.3, -0.25) is 15.0 Å². The van der Waals surface area contributed by atoms with Crippen molar-refractivity contribution in [3.8, 4) is 16.9 Å². The van der Waals surface area contributed by atoms with Gasteiger partial charge in [0.15, 0.2) is 5.52 Å². The van der Waals surface area contributed by atoms with Crippen molar-refractivity contribution < 1.29 is 4.74 Å². The first-order valence-electron chi connectivity index (χ1n) is 6.79. The first-order chi connectivity index (χ1) is 10.8. The van der Waals surface area contributed by atoms with Gasteiger partial charge in [-0.25, -0.2) is 0 Å². The highest BCUT2D eigenvalue weighted by Gasteiger charge is 2.14. The summed E-state index contributed by atoms with van der Waals surface area (Å²) in [6.07, 6.45) is 0. The summed E-state index contributed by atoms with van der Waals surface area (Å²) in [5, 5.41) is 14.5. The number of methoxy groups -OCH3 is 1. The Bertz CT molecular complexity index is 1050. The summed E-state index contributed by atoms with van der Waals surface area (Å²) in [6, 6.07) is 13.5. The predicted molar refractivity (Wildman–Crippen MR) is 84.0 cm³/mol. The molecule has 0 saturated carbocycles. The summed E-state index contributed by atoms with van der Waals surface area (Å²) in [7, 11) is 1.64. The van der Waals surface area contributed by atoms with Gasteiger partial charge in [-0.05, 0) is 6.07 Å². The Morgan fingerprint density at radius 3 is 2.55 bits per heavy atom. The van der Waals surface area contributed by atoms with Crippen LogP contribution in [0.3, 0.4) is 0 Å². The van der Waals surface area contributed by atoms with Crippen molar-refractivity contribution in [3.63, 3.8) is 0 Å². The van der Waals surface area contributed by atoms with Gasteiger partial charge in [0.05, 0.1) is 12.6 Å². The number of aromatic nitrogens is 4. The maximum Gasteiger partial charge on any atom is 0.292 e. The van der Waals surface area contributed by atoms with E-state index in [1.165, 1.54) is 0 Å². The average Bonchev–Trinajstić information content (AvgIpc) is 2.96. The van der Waals surface area contributed by atoms with E-state index in [1.54, 1.807) is 7.11 Å². The lowest BCUT2D eigenvalue weighted by molar-refractivity contribution is 0.416. The number of hydrogen-bond donors (Lipinski definition) is 2. The molecular weight excluding hydrogens is 280 g/mol. The molecule has 4 rings (SSSR count). The van der Waals surface area contributed by atoms with E-state index in [0.29, 0.717) is 11.0 Å². The molecule has 0 spiro atoms. The monoisotopic (exact) mass is 292 g/mol. The zero-order valence-corrected chi connectivity index (χ0v) is 11.8. The third kappa shape index (κ3) is 1.70. The highest BCUT2D eigenvalue weighted by Crippen LogP contribution is 2.34. The van der Waals surface area contributed by atoms with Gasteiger partial charge in [0.25, 0.3) is 5.56 Å². The van der Waals surface area contributed by atoms with Crippen LogP contribution >= 0.6 is 0 Å². The molecule has 2 heterocycles. The standard InChI is InChI=1S/C16H12N4O2/c1-22-12-8-3-2-5-9(12)10-6-4-7-11-13(10)17-19-15-14(11)18-20-16(15)21/h2-8H,1H3,(H2,18,20,21). The van der Waals surface area contributed by atoms with Gasteiger partial charge < -0.3 is 4.74 Å². The minimum Gasteiger partial charge on any atom is -0.496 e. The van der Waals surface area contributed by atoms with Crippen LogP contribution in [0, 0.1) is 0 Å². The average molecular weight is 292 g/mol. The molecule has 2 aromatic carbocycles. The van der Waals surface area contributed by atoms with E-state index in [9.17, 15) is 4.79 Å². The van der Waals surface area contributed by atoms with E-state index < -0.39 is 0 Å². The van der Waals surface area contributed by atoms with Crippen LogP contribution in [0.25, 0.3) is 33.1 Å². The smallest absolute Gasteiger partial charge is 0.292 e. The second-order valence-corrected chi connectivity index (χ2v) is 4.90. The Morgan fingerprint density at radius 1 is 0.909 bits per heavy atom. The van der Waals surface area contributed by atoms with Gasteiger partial charge in [-0.2, -0.15) is 0 Å². The number of nitrogens with one attached hydrogen (secondary N) is 2. The molecule has 6 nitrogen and oxygen atoms in total. The molecule has 2 N–H and O–H groups in total. The molecular formula is C16H12N4O2. The van der Waals surface area contributed by atoms with Crippen molar-refractivity contribution in [2.75, 3.05) is 7.11 Å². The predicted octanol–water partition coefficient (Wildman–Crippen LogP) is 2.47. The van der Waals surface area contributed by atoms with Crippen LogP contribution in [0.1, 0.15) is 0 Å². The number of hydrogen-bond acceptors (Lipinski definition) is 4. The van der Waals surface area contributed by atoms with Crippen LogP contribution in [-0.2, 0) is 0 Å². The van der Waals surface area contributed by atoms with Gasteiger partial charge in [0.1, 0.15) is 11.3 Å². The van der Waals surface area contributed by atoms with Crippen molar-refractivity contribution in [3.05, 3.63) is 52.8 Å². The van der Waals surface area contributed by atoms with Crippen molar-refractivity contribution in [2.45, 2.75) is 0 Å². The van der Waals surface area contributed by atoms with E-state index >= 15 is 0 Å². The zero-order chi connectivity index (χ0) is 15.1. The number of nitrogens with zero attached hydrogens (tertiary/aromatic N) is 2. The van der Waals surface area contributed by atoms with Gasteiger partial charge >= 0.3 is 0 Å². The van der Waals surface area contributed by atoms with Gasteiger partial charge in [0.2, 0.25) is 0 Å². The lowest BCUT2D eigenvalue weighted by Crippen LogP contribution is -2.00. The van der Waals surface area contributed by atoms with Crippen LogP contribution in [0.5, 0.6) is 5.75 Å². The van der Waals surface area contributed by atoms with Crippen molar-refractivity contribution in [2.24, 2.45) is 0 Å². The summed E-state index contributed by atoms with van der Waals surface area (Å²) in [4.78, 5) is 11.7. The summed E-state index contributed by atoms with van der Waals surface area (Å²) in [5.74, 6) is 0.763. The topological polar surface area (TPSA) is 83.7 Å². The van der Waals surface area contributed by atoms with E-state index in [-0.39, 0.29) is 5.56 Å². The number of para-hydroxylation sites is 1. The Hall–Kier alpha value is -3.15. The first-order valence-corrected chi connectivity index (χ1v) is 6.79. The molecule has 0 atom stereocenters. The van der Waals surface area contributed by atoms with Crippen molar-refractivity contribution in [1.82, 2.24) is 20.4 Å². The van der Waals surface area contributed by atoms with Crippen molar-refractivity contribution >= 4 is 21.9 Å². The maximum absolute atomic E-state index is 11.7. The second-order valence-electron chi connectivity index (χ2n) is 4.90. The van der Waals surface area contributed by atoms with E-state index in [2.05, 4.69) is 20.4 Å². The second kappa shape index (κ2) is 4.70. The zero-order valence-electron chi connectivity index (χ0n) is 11.8. The number of fused-ring (bicyclic) bond motifs is 3. The van der Waals surface area contributed by atoms with E-state index in [0.717, 1.165) is 27.8 Å². The summed E-state index contributed by atoms with van der Waals surface area (Å²) >= 11 is 0. The normalized spacial score (nSPS) is 11.1. The maximum atomic E-state index is 11.7. The lowest BCUT2D eigenvalue weighted by atomic mass is 10.0. The molecule has 22 heavy (non-hydrogen) atoms. The van der Waals surface area contributed by atoms with Crippen LogP contribution in [0.2, 0.25) is 0 Å². The summed E-state index contributed by atoms with van der Waals surface area (Å²) in [6.45, 7) is 0. The molecule has 108 valence electrons. The molecule has 0 radical (unpaired) electrons. The Kier molecular flexibility index (Phi) is 2.69.